The SMILES string of the molecule is CC1CC1(O[Si](C)(C)C)C(=O)O[Si](C)(C)C. The van der Waals surface area contributed by atoms with Gasteiger partial charge in [-0.3, -0.25) is 4.79 Å². The van der Waals surface area contributed by atoms with Gasteiger partial charge < -0.3 is 8.85 Å². The summed E-state index contributed by atoms with van der Waals surface area (Å²) in [6.07, 6.45) is 0.820. The fourth-order valence-corrected chi connectivity index (χ4v) is 3.96. The van der Waals surface area contributed by atoms with Gasteiger partial charge in [-0.05, 0) is 51.6 Å². The van der Waals surface area contributed by atoms with E-state index in [0.717, 1.165) is 6.42 Å². The lowest BCUT2D eigenvalue weighted by atomic mass is 10.3. The Kier molecular flexibility index (Phi) is 3.45. The van der Waals surface area contributed by atoms with Crippen molar-refractivity contribution in [2.75, 3.05) is 0 Å². The summed E-state index contributed by atoms with van der Waals surface area (Å²) in [6, 6.07) is 0. The second kappa shape index (κ2) is 3.96. The number of carbonyl (C=O) groups is 1. The molecule has 1 aliphatic rings. The summed E-state index contributed by atoms with van der Waals surface area (Å²) in [6.45, 7) is 14.5. The van der Waals surface area contributed by atoms with Gasteiger partial charge in [-0.2, -0.15) is 0 Å². The molecule has 1 aliphatic carbocycles. The maximum absolute atomic E-state index is 12.1. The third kappa shape index (κ3) is 3.43. The van der Waals surface area contributed by atoms with E-state index < -0.39 is 22.2 Å². The zero-order valence-electron chi connectivity index (χ0n) is 11.5. The fraction of sp³-hybridized carbons (Fsp3) is 0.909. The minimum atomic E-state index is -1.81. The van der Waals surface area contributed by atoms with Gasteiger partial charge in [-0.15, -0.1) is 0 Å². The monoisotopic (exact) mass is 260 g/mol. The van der Waals surface area contributed by atoms with Gasteiger partial charge in [-0.1, -0.05) is 6.92 Å². The molecule has 0 aromatic rings. The molecule has 0 radical (unpaired) electrons. The van der Waals surface area contributed by atoms with Gasteiger partial charge in [0.2, 0.25) is 8.32 Å². The van der Waals surface area contributed by atoms with Crippen LogP contribution in [0.2, 0.25) is 39.3 Å². The zero-order chi connectivity index (χ0) is 12.8. The molecule has 0 spiro atoms. The molecule has 3 nitrogen and oxygen atoms in total. The largest absolute Gasteiger partial charge is 0.518 e. The van der Waals surface area contributed by atoms with Gasteiger partial charge >= 0.3 is 5.97 Å². The second-order valence-corrected chi connectivity index (χ2v) is 15.6. The molecule has 0 aliphatic heterocycles. The normalized spacial score (nSPS) is 30.1. The van der Waals surface area contributed by atoms with Gasteiger partial charge in [0, 0.05) is 0 Å². The van der Waals surface area contributed by atoms with Crippen LogP contribution in [-0.2, 0) is 13.6 Å². The number of hydrogen-bond acceptors (Lipinski definition) is 3. The molecule has 0 amide bonds. The molecule has 0 aromatic carbocycles. The Morgan fingerprint density at radius 2 is 1.56 bits per heavy atom. The standard InChI is InChI=1S/C11H24O3Si2/c1-9-8-11(9,14-16(5,6)7)10(12)13-15(2,3)4/h9H,8H2,1-7H3. The Labute approximate surface area is 101 Å². The minimum absolute atomic E-state index is 0.124. The molecule has 0 bridgehead atoms. The highest BCUT2D eigenvalue weighted by Gasteiger charge is 2.62. The number of hydrogen-bond donors (Lipinski definition) is 0. The van der Waals surface area contributed by atoms with Crippen LogP contribution in [0.15, 0.2) is 0 Å². The topological polar surface area (TPSA) is 35.5 Å². The maximum atomic E-state index is 12.1. The third-order valence-corrected chi connectivity index (χ3v) is 4.25. The minimum Gasteiger partial charge on any atom is -0.518 e. The molecule has 0 N–H and O–H groups in total. The van der Waals surface area contributed by atoms with E-state index in [-0.39, 0.29) is 5.97 Å². The van der Waals surface area contributed by atoms with Crippen molar-refractivity contribution in [3.8, 4) is 0 Å². The van der Waals surface area contributed by atoms with Crippen molar-refractivity contribution in [2.45, 2.75) is 58.2 Å². The lowest BCUT2D eigenvalue weighted by Gasteiger charge is -2.28. The molecule has 1 fully saturated rings. The molecule has 94 valence electrons. The van der Waals surface area contributed by atoms with Crippen LogP contribution < -0.4 is 0 Å². The van der Waals surface area contributed by atoms with Crippen molar-refractivity contribution < 1.29 is 13.6 Å². The Hall–Kier alpha value is -0.136. The van der Waals surface area contributed by atoms with E-state index in [2.05, 4.69) is 26.6 Å². The lowest BCUT2D eigenvalue weighted by molar-refractivity contribution is -0.146. The van der Waals surface area contributed by atoms with Crippen molar-refractivity contribution in [1.82, 2.24) is 0 Å². The Balaban J connectivity index is 2.72. The summed E-state index contributed by atoms with van der Waals surface area (Å²) in [7, 11) is -3.50. The van der Waals surface area contributed by atoms with Crippen molar-refractivity contribution in [3.63, 3.8) is 0 Å². The lowest BCUT2D eigenvalue weighted by Crippen LogP contribution is -2.44. The first kappa shape index (κ1) is 13.9. The maximum Gasteiger partial charge on any atom is 0.324 e. The molecule has 1 saturated carbocycles. The van der Waals surface area contributed by atoms with Crippen LogP contribution in [0.25, 0.3) is 0 Å². The molecular formula is C11H24O3Si2. The number of rotatable bonds is 4. The first-order chi connectivity index (χ1) is 6.96. The summed E-state index contributed by atoms with van der Waals surface area (Å²) in [5.74, 6) is 0.185. The molecule has 0 heterocycles. The highest BCUT2D eigenvalue weighted by Crippen LogP contribution is 2.49. The third-order valence-electron chi connectivity index (χ3n) is 2.48. The van der Waals surface area contributed by atoms with E-state index in [4.69, 9.17) is 8.85 Å². The highest BCUT2D eigenvalue weighted by molar-refractivity contribution is 6.71. The van der Waals surface area contributed by atoms with E-state index in [1.54, 1.807) is 0 Å². The van der Waals surface area contributed by atoms with E-state index in [0.29, 0.717) is 5.92 Å². The summed E-state index contributed by atoms with van der Waals surface area (Å²) in [4.78, 5) is 12.1. The quantitative estimate of drug-likeness (QED) is 0.729. The molecular weight excluding hydrogens is 236 g/mol. The predicted octanol–water partition coefficient (Wildman–Crippen LogP) is 2.99. The summed E-state index contributed by atoms with van der Waals surface area (Å²) in [5, 5.41) is 0. The summed E-state index contributed by atoms with van der Waals surface area (Å²) in [5.41, 5.74) is -0.606. The van der Waals surface area contributed by atoms with E-state index >= 15 is 0 Å². The smallest absolute Gasteiger partial charge is 0.324 e. The molecule has 16 heavy (non-hydrogen) atoms. The second-order valence-electron chi connectivity index (χ2n) is 6.71. The number of carbonyl (C=O) groups excluding carboxylic acids is 1. The molecule has 0 aromatic heterocycles. The average molecular weight is 260 g/mol. The van der Waals surface area contributed by atoms with Crippen molar-refractivity contribution >= 4 is 22.6 Å². The summed E-state index contributed by atoms with van der Waals surface area (Å²) >= 11 is 0. The highest BCUT2D eigenvalue weighted by atomic mass is 28.4. The van der Waals surface area contributed by atoms with Crippen LogP contribution in [0.3, 0.4) is 0 Å². The van der Waals surface area contributed by atoms with Crippen LogP contribution in [0.5, 0.6) is 0 Å². The van der Waals surface area contributed by atoms with Crippen molar-refractivity contribution in [3.05, 3.63) is 0 Å². The molecule has 5 heteroatoms. The van der Waals surface area contributed by atoms with E-state index in [1.165, 1.54) is 0 Å². The predicted molar refractivity (Wildman–Crippen MR) is 70.4 cm³/mol. The zero-order valence-corrected chi connectivity index (χ0v) is 13.5. The molecule has 2 atom stereocenters. The van der Waals surface area contributed by atoms with Gasteiger partial charge in [0.15, 0.2) is 13.9 Å². The Morgan fingerprint density at radius 3 is 1.81 bits per heavy atom. The summed E-state index contributed by atoms with van der Waals surface area (Å²) < 4.78 is 11.6. The van der Waals surface area contributed by atoms with Crippen LogP contribution in [-0.4, -0.2) is 28.2 Å². The van der Waals surface area contributed by atoms with E-state index in [9.17, 15) is 4.79 Å². The average Bonchev–Trinajstić information content (AvgIpc) is 2.54. The van der Waals surface area contributed by atoms with Crippen LogP contribution in [0.1, 0.15) is 13.3 Å². The van der Waals surface area contributed by atoms with E-state index in [1.807, 2.05) is 19.6 Å². The Morgan fingerprint density at radius 1 is 1.12 bits per heavy atom. The van der Waals surface area contributed by atoms with Gasteiger partial charge in [-0.25, -0.2) is 0 Å². The van der Waals surface area contributed by atoms with Crippen LogP contribution in [0.4, 0.5) is 0 Å². The fourth-order valence-electron chi connectivity index (χ4n) is 1.78. The Bertz CT molecular complexity index is 291. The molecule has 2 unspecified atom stereocenters. The van der Waals surface area contributed by atoms with Gasteiger partial charge in [0.05, 0.1) is 0 Å². The van der Waals surface area contributed by atoms with Crippen molar-refractivity contribution in [1.29, 1.82) is 0 Å². The first-order valence-electron chi connectivity index (χ1n) is 5.90. The van der Waals surface area contributed by atoms with Gasteiger partial charge in [0.1, 0.15) is 0 Å². The van der Waals surface area contributed by atoms with Crippen LogP contribution in [0, 0.1) is 5.92 Å². The van der Waals surface area contributed by atoms with Gasteiger partial charge in [0.25, 0.3) is 0 Å². The first-order valence-corrected chi connectivity index (χ1v) is 12.7. The molecule has 0 saturated heterocycles. The van der Waals surface area contributed by atoms with Crippen LogP contribution >= 0.6 is 0 Å². The van der Waals surface area contributed by atoms with Crippen molar-refractivity contribution in [2.24, 2.45) is 5.92 Å². The molecule has 1 rings (SSSR count).